The molecule has 6 fully saturated rings. The first-order chi connectivity index (χ1) is 44.2. The van der Waals surface area contributed by atoms with Gasteiger partial charge in [-0.15, -0.1) is 0 Å². The van der Waals surface area contributed by atoms with Gasteiger partial charge < -0.3 is 103 Å². The van der Waals surface area contributed by atoms with Crippen LogP contribution in [0.25, 0.3) is 44.3 Å². The molecular formula is C47H57N15O24P4S3. The molecule has 0 aliphatic carbocycles. The van der Waals surface area contributed by atoms with Crippen molar-refractivity contribution in [3.05, 3.63) is 88.1 Å². The summed E-state index contributed by atoms with van der Waals surface area (Å²) in [6.07, 6.45) is -13.5. The topological polar surface area (TPSA) is 520 Å². The smallest absolute Gasteiger partial charge is 0.395 e. The Hall–Kier alpha value is -5.08. The Balaban J connectivity index is 0.000000170. The second-order valence-corrected chi connectivity index (χ2v) is 31.6. The molecule has 6 aliphatic heterocycles. The highest BCUT2D eigenvalue weighted by molar-refractivity contribution is 8.44. The Morgan fingerprint density at radius 3 is 1.62 bits per heavy atom. The number of fused-ring (bicyclic) bond motifs is 10. The van der Waals surface area contributed by atoms with Crippen molar-refractivity contribution in [2.24, 2.45) is 0 Å². The fraction of sp³-hybridized carbons (Fsp3) is 0.511. The second kappa shape index (κ2) is 25.7. The number of hydrogen-bond acceptors (Lipinski definition) is 32. The number of aliphatic hydroxyl groups is 5. The summed E-state index contributed by atoms with van der Waals surface area (Å²) in [5.74, 6) is 1.13. The molecule has 13 N–H and O–H groups in total. The van der Waals surface area contributed by atoms with E-state index >= 15 is 0 Å². The minimum Gasteiger partial charge on any atom is -0.395 e. The number of aromatic amines is 2. The van der Waals surface area contributed by atoms with Crippen LogP contribution in [0.1, 0.15) is 36.6 Å². The summed E-state index contributed by atoms with van der Waals surface area (Å²) in [5.41, 5.74) is 6.35. The number of phosphoric ester groups is 1. The Morgan fingerprint density at radius 1 is 0.591 bits per heavy atom. The van der Waals surface area contributed by atoms with E-state index in [1.165, 1.54) is 61.8 Å². The van der Waals surface area contributed by atoms with Crippen molar-refractivity contribution in [2.75, 3.05) is 50.6 Å². The monoisotopic (exact) mass is 1440 g/mol. The molecule has 4 bridgehead atoms. The molecule has 39 nitrogen and oxygen atoms in total. The fourth-order valence-corrected chi connectivity index (χ4v) is 16.8. The highest BCUT2D eigenvalue weighted by atomic mass is 32.7. The van der Waals surface area contributed by atoms with Crippen molar-refractivity contribution in [1.82, 2.24) is 63.1 Å². The number of anilines is 2. The van der Waals surface area contributed by atoms with Crippen molar-refractivity contribution in [2.45, 2.75) is 112 Å². The van der Waals surface area contributed by atoms with Crippen LogP contribution in [0.15, 0.2) is 65.4 Å². The molecule has 0 aromatic carbocycles. The van der Waals surface area contributed by atoms with E-state index in [4.69, 9.17) is 84.5 Å². The molecule has 20 atom stereocenters. The summed E-state index contributed by atoms with van der Waals surface area (Å²) in [6.45, 7) is -11.9. The molecule has 14 heterocycles. The maximum Gasteiger partial charge on any atom is 0.472 e. The maximum absolute atomic E-state index is 13.4. The van der Waals surface area contributed by atoms with Gasteiger partial charge in [-0.05, 0) is 55.7 Å². The number of hydrogen-bond donors (Lipinski definition) is 13. The van der Waals surface area contributed by atoms with Gasteiger partial charge in [-0.1, -0.05) is 12.2 Å². The van der Waals surface area contributed by atoms with Crippen LogP contribution in [0.2, 0.25) is 0 Å². The highest BCUT2D eigenvalue weighted by Gasteiger charge is 2.55. The van der Waals surface area contributed by atoms with Crippen LogP contribution in [0, 0.1) is 13.8 Å². The van der Waals surface area contributed by atoms with Gasteiger partial charge in [0.15, 0.2) is 41.9 Å². The van der Waals surface area contributed by atoms with Crippen LogP contribution in [-0.2, 0) is 87.9 Å². The minimum atomic E-state index is -5.01. The largest absolute Gasteiger partial charge is 0.472 e. The number of aromatic nitrogens is 13. The number of thiol groups is 1. The van der Waals surface area contributed by atoms with E-state index in [9.17, 15) is 58.9 Å². The predicted molar refractivity (Wildman–Crippen MR) is 325 cm³/mol. The normalized spacial score (nSPS) is 36.8. The third-order valence-corrected chi connectivity index (χ3v) is 21.4. The molecule has 0 spiro atoms. The number of imidazole rings is 1. The van der Waals surface area contributed by atoms with Gasteiger partial charge in [0.05, 0.1) is 55.5 Å². The van der Waals surface area contributed by atoms with E-state index in [1.807, 2.05) is 0 Å². The fourth-order valence-electron chi connectivity index (χ4n) is 11.5. The minimum absolute atomic E-state index is 0.170. The molecule has 8 unspecified atom stereocenters. The van der Waals surface area contributed by atoms with Crippen molar-refractivity contribution in [3.63, 3.8) is 0 Å². The summed E-state index contributed by atoms with van der Waals surface area (Å²) >= 11 is 14.7. The summed E-state index contributed by atoms with van der Waals surface area (Å²) < 4.78 is 101. The van der Waals surface area contributed by atoms with Crippen LogP contribution >= 0.6 is 40.3 Å². The van der Waals surface area contributed by atoms with Crippen LogP contribution < -0.4 is 22.2 Å². The molecule has 46 heteroatoms. The Bertz CT molecular complexity index is 4490. The summed E-state index contributed by atoms with van der Waals surface area (Å²) in [4.78, 5) is 92.6. The van der Waals surface area contributed by atoms with Crippen LogP contribution in [0.3, 0.4) is 0 Å². The Labute approximate surface area is 535 Å². The lowest BCUT2D eigenvalue weighted by Crippen LogP contribution is -2.36. The quantitative estimate of drug-likeness (QED) is 0.0712. The van der Waals surface area contributed by atoms with Crippen LogP contribution in [0.5, 0.6) is 0 Å². The second-order valence-electron chi connectivity index (χ2n) is 21.7. The molecule has 14 rings (SSSR count). The molecule has 93 heavy (non-hydrogen) atoms. The van der Waals surface area contributed by atoms with E-state index in [-0.39, 0.29) is 52.2 Å². The molecule has 0 saturated carbocycles. The number of rotatable bonds is 7. The predicted octanol–water partition coefficient (Wildman–Crippen LogP) is -0.423. The van der Waals surface area contributed by atoms with Gasteiger partial charge in [-0.25, -0.2) is 44.0 Å². The van der Waals surface area contributed by atoms with Crippen LogP contribution in [-0.4, -0.2) is 216 Å². The number of nitrogens with one attached hydrogen (secondary N) is 3. The highest BCUT2D eigenvalue weighted by Crippen LogP contribution is 2.59. The number of ether oxygens (including phenoxy) is 4. The number of nitrogens with two attached hydrogens (primary N) is 1. The van der Waals surface area contributed by atoms with Crippen LogP contribution in [0.4, 0.5) is 11.6 Å². The molecule has 502 valence electrons. The van der Waals surface area contributed by atoms with Crippen molar-refractivity contribution >= 4 is 120 Å². The van der Waals surface area contributed by atoms with Gasteiger partial charge in [0.2, 0.25) is 0 Å². The van der Waals surface area contributed by atoms with Gasteiger partial charge in [0.1, 0.15) is 120 Å². The van der Waals surface area contributed by atoms with Gasteiger partial charge >= 0.3 is 28.1 Å². The lowest BCUT2D eigenvalue weighted by molar-refractivity contribution is -0.0634. The number of nitrogens with zero attached hydrogens (tertiary/aromatic N) is 11. The van der Waals surface area contributed by atoms with Crippen molar-refractivity contribution < 1.29 is 104 Å². The average molecular weight is 1440 g/mol. The first-order valence-electron chi connectivity index (χ1n) is 27.9. The summed E-state index contributed by atoms with van der Waals surface area (Å²) in [5, 5.41) is 58.0. The van der Waals surface area contributed by atoms with Gasteiger partial charge in [0.25, 0.3) is 11.1 Å². The summed E-state index contributed by atoms with van der Waals surface area (Å²) in [6, 6.07) is 4.61. The van der Waals surface area contributed by atoms with Gasteiger partial charge in [0, 0.05) is 25.1 Å². The molecule has 6 saturated heterocycles. The molecule has 8 aromatic rings. The third-order valence-electron chi connectivity index (χ3n) is 15.7. The van der Waals surface area contributed by atoms with Gasteiger partial charge in [-0.2, -0.15) is 0 Å². The first kappa shape index (κ1) is 66.5. The van der Waals surface area contributed by atoms with E-state index < -0.39 is 164 Å². The number of phosphoric acid groups is 1. The third kappa shape index (κ3) is 13.1. The average Bonchev–Trinajstić information content (AvgIpc) is 1.65. The first-order valence-corrected chi connectivity index (χ1v) is 37.3. The molecule has 0 radical (unpaired) electrons. The number of H-pyrrole nitrogens is 2. The van der Waals surface area contributed by atoms with Gasteiger partial charge in [-0.3, -0.25) is 41.3 Å². The van der Waals surface area contributed by atoms with Crippen molar-refractivity contribution in [3.8, 4) is 0 Å². The van der Waals surface area contributed by atoms with Crippen molar-refractivity contribution in [1.29, 1.82) is 0 Å². The zero-order valence-electron chi connectivity index (χ0n) is 47.8. The lowest BCUT2D eigenvalue weighted by atomic mass is 10.1. The SMILES string of the molecule is Cc1nc2c(ccn2[C@@H]2O[C@@H]3COP(=O)(O)O[C@@H]4C(O)[C@H](n5cnc6c(NCCO)ncnc65)O[C@@H]4COP(O)(=S)O[C@H]2C3O)c(=O)[nH]1.Cc1nc2c(ccn2[C@@H]2O[C@@H]3COP(=O)(S)O[C@@H]4C(O)[C@H](n5ccc6c(N)ncnc65)O[C@@H]4COP(O)(=S)O[C@H]2C3O)c(=O)[nH]1. The summed E-state index contributed by atoms with van der Waals surface area (Å²) in [7, 11) is -5.01. The molecule has 6 aliphatic rings. The zero-order chi connectivity index (χ0) is 65.8. The van der Waals surface area contributed by atoms with E-state index in [0.717, 1.165) is 0 Å². The van der Waals surface area contributed by atoms with E-state index in [0.29, 0.717) is 28.5 Å². The molecule has 0 amide bonds. The Kier molecular flexibility index (Phi) is 18.4. The maximum atomic E-state index is 13.4. The zero-order valence-corrected chi connectivity index (χ0v) is 53.9. The number of nitrogen functional groups attached to an aromatic ring is 1. The van der Waals surface area contributed by atoms with E-state index in [1.54, 1.807) is 26.1 Å². The number of aliphatic hydroxyl groups excluding tert-OH is 5. The standard InChI is InChI=1S/C24H30N8O13P2S.C23H27N7O11P2S2/c1-10-29-20-11(22(36)30-10)2-4-31(20)24-18-15(34)12(42-24)6-40-46(37,38)44-17-13(7-41-47(39,48)45-18)43-23(16(17)35)32-9-28-14-19(25-3-5-33)26-8-27-21(14)32;1-9-27-20-11(21(33)28-9)3-5-30(20)23-17-14(31)12(38-23)6-36-42(34,44)40-16-13(7-37-43(35,45)41-17)39-22(15(16)32)29-4-2-10-18(24)25-8-26-19(10)29/h2,4,8-9,12-13,15-18,23-24,33-35H,3,5-7H2,1H3,(H,37,38)(H,39,48)(H,25,26,27)(H,29,30,36);2-5,8,12-17,22-23,31-32H,6-7H2,1H3,(H,34,44)(H,35,45)(H2,24,25,26)(H,27,28,33)/t12-,13-,15?,16?,17+,18+,23-,24-,47?;12-,13-,14?,15?,16+,17+,22-,23-,42?,43?/m11/s1. The van der Waals surface area contributed by atoms with E-state index in [2.05, 4.69) is 62.4 Å². The Morgan fingerprint density at radius 2 is 1.06 bits per heavy atom. The molecule has 8 aromatic heterocycles. The molecular weight excluding hydrogens is 1380 g/mol. The lowest BCUT2D eigenvalue weighted by Gasteiger charge is -2.27. The number of aryl methyl sites for hydroxylation is 2.